The maximum atomic E-state index is 13.4. The monoisotopic (exact) mass is 355 g/mol. The lowest BCUT2D eigenvalue weighted by molar-refractivity contribution is 0.824. The van der Waals surface area contributed by atoms with E-state index in [1.807, 2.05) is 81.4 Å². The summed E-state index contributed by atoms with van der Waals surface area (Å²) in [6.45, 7) is 5.97. The zero-order valence-electron chi connectivity index (χ0n) is 15.7. The molecule has 4 aromatic rings. The van der Waals surface area contributed by atoms with Gasteiger partial charge in [0.05, 0.1) is 16.8 Å². The Labute approximate surface area is 158 Å². The van der Waals surface area contributed by atoms with E-state index in [1.54, 1.807) is 4.57 Å². The number of nitrogens with zero attached hydrogens (tertiary/aromatic N) is 3. The van der Waals surface area contributed by atoms with Crippen LogP contribution in [-0.2, 0) is 6.42 Å². The Morgan fingerprint density at radius 3 is 2.30 bits per heavy atom. The van der Waals surface area contributed by atoms with Crippen molar-refractivity contribution in [3.8, 4) is 16.9 Å². The van der Waals surface area contributed by atoms with Crippen LogP contribution in [-0.4, -0.2) is 14.5 Å². The summed E-state index contributed by atoms with van der Waals surface area (Å²) in [5, 5.41) is 0.579. The van der Waals surface area contributed by atoms with Crippen LogP contribution in [0.3, 0.4) is 0 Å². The smallest absolute Gasteiger partial charge is 0.267 e. The molecule has 4 nitrogen and oxygen atoms in total. The third kappa shape index (κ3) is 2.93. The average molecular weight is 355 g/mol. The van der Waals surface area contributed by atoms with E-state index in [-0.39, 0.29) is 5.56 Å². The number of rotatable bonds is 3. The molecule has 0 saturated heterocycles. The Morgan fingerprint density at radius 1 is 0.889 bits per heavy atom. The van der Waals surface area contributed by atoms with Crippen LogP contribution >= 0.6 is 0 Å². The highest BCUT2D eigenvalue weighted by atomic mass is 16.1. The molecule has 0 spiro atoms. The fourth-order valence-corrected chi connectivity index (χ4v) is 3.46. The van der Waals surface area contributed by atoms with Crippen LogP contribution in [0.1, 0.15) is 23.9 Å². The summed E-state index contributed by atoms with van der Waals surface area (Å²) >= 11 is 0. The normalized spacial score (nSPS) is 11.1. The van der Waals surface area contributed by atoms with Crippen LogP contribution in [0.4, 0.5) is 0 Å². The number of pyridine rings is 1. The SMILES string of the molecule is CCc1nc2nc(-c3ccccc3)cc(C)c2c(=O)n1-c1ccccc1C. The van der Waals surface area contributed by atoms with Gasteiger partial charge < -0.3 is 0 Å². The second-order valence-corrected chi connectivity index (χ2v) is 6.70. The van der Waals surface area contributed by atoms with E-state index in [9.17, 15) is 4.79 Å². The number of hydrogen-bond donors (Lipinski definition) is 0. The van der Waals surface area contributed by atoms with Gasteiger partial charge in [0.2, 0.25) is 0 Å². The molecule has 0 saturated carbocycles. The summed E-state index contributed by atoms with van der Waals surface area (Å²) in [5.74, 6) is 0.721. The number of benzene rings is 2. The molecular formula is C23H21N3O. The highest BCUT2D eigenvalue weighted by Gasteiger charge is 2.16. The molecule has 0 aliphatic carbocycles. The Morgan fingerprint density at radius 2 is 1.59 bits per heavy atom. The number of para-hydroxylation sites is 1. The lowest BCUT2D eigenvalue weighted by Gasteiger charge is -2.15. The van der Waals surface area contributed by atoms with E-state index in [1.165, 1.54) is 0 Å². The van der Waals surface area contributed by atoms with Crippen molar-refractivity contribution < 1.29 is 0 Å². The fraction of sp³-hybridized carbons (Fsp3) is 0.174. The minimum atomic E-state index is -0.0595. The van der Waals surface area contributed by atoms with Gasteiger partial charge in [0.1, 0.15) is 5.82 Å². The first-order valence-corrected chi connectivity index (χ1v) is 9.15. The minimum absolute atomic E-state index is 0.0595. The van der Waals surface area contributed by atoms with Crippen molar-refractivity contribution in [2.45, 2.75) is 27.2 Å². The van der Waals surface area contributed by atoms with Crippen molar-refractivity contribution in [2.75, 3.05) is 0 Å². The summed E-state index contributed by atoms with van der Waals surface area (Å²) in [6, 6.07) is 19.8. The molecule has 0 N–H and O–H groups in total. The van der Waals surface area contributed by atoms with Gasteiger partial charge in [0.15, 0.2) is 5.65 Å². The lowest BCUT2D eigenvalue weighted by atomic mass is 10.1. The van der Waals surface area contributed by atoms with Crippen LogP contribution < -0.4 is 5.56 Å². The molecule has 0 radical (unpaired) electrons. The molecule has 4 heteroatoms. The molecule has 2 aromatic heterocycles. The molecule has 2 heterocycles. The van der Waals surface area contributed by atoms with Gasteiger partial charge >= 0.3 is 0 Å². The molecule has 0 bridgehead atoms. The molecule has 4 rings (SSSR count). The topological polar surface area (TPSA) is 47.8 Å². The van der Waals surface area contributed by atoms with Crippen molar-refractivity contribution in [1.82, 2.24) is 14.5 Å². The van der Waals surface area contributed by atoms with Gasteiger partial charge in [-0.1, -0.05) is 55.5 Å². The quantitative estimate of drug-likeness (QED) is 0.538. The van der Waals surface area contributed by atoms with Crippen LogP contribution in [0.15, 0.2) is 65.5 Å². The number of fused-ring (bicyclic) bond motifs is 1. The highest BCUT2D eigenvalue weighted by Crippen LogP contribution is 2.23. The molecule has 0 aliphatic heterocycles. The van der Waals surface area contributed by atoms with Crippen molar-refractivity contribution in [3.63, 3.8) is 0 Å². The molecule has 27 heavy (non-hydrogen) atoms. The van der Waals surface area contributed by atoms with E-state index in [2.05, 4.69) is 0 Å². The van der Waals surface area contributed by atoms with E-state index in [0.29, 0.717) is 17.5 Å². The van der Waals surface area contributed by atoms with E-state index in [4.69, 9.17) is 9.97 Å². The van der Waals surface area contributed by atoms with Gasteiger partial charge in [-0.25, -0.2) is 9.97 Å². The second kappa shape index (κ2) is 6.80. The van der Waals surface area contributed by atoms with Gasteiger partial charge in [-0.3, -0.25) is 9.36 Å². The van der Waals surface area contributed by atoms with Gasteiger partial charge in [-0.2, -0.15) is 0 Å². The third-order valence-corrected chi connectivity index (χ3v) is 4.85. The maximum Gasteiger partial charge on any atom is 0.267 e. The Balaban J connectivity index is 2.04. The molecule has 2 aromatic carbocycles. The van der Waals surface area contributed by atoms with Crippen molar-refractivity contribution in [1.29, 1.82) is 0 Å². The van der Waals surface area contributed by atoms with Crippen molar-refractivity contribution in [2.24, 2.45) is 0 Å². The number of aromatic nitrogens is 3. The first-order chi connectivity index (χ1) is 13.1. The van der Waals surface area contributed by atoms with E-state index >= 15 is 0 Å². The molecule has 0 unspecified atom stereocenters. The van der Waals surface area contributed by atoms with Gasteiger partial charge in [0, 0.05) is 12.0 Å². The summed E-state index contributed by atoms with van der Waals surface area (Å²) in [7, 11) is 0. The molecular weight excluding hydrogens is 334 g/mol. The van der Waals surface area contributed by atoms with Crippen LogP contribution in [0, 0.1) is 13.8 Å². The van der Waals surface area contributed by atoms with Crippen LogP contribution in [0.2, 0.25) is 0 Å². The summed E-state index contributed by atoms with van der Waals surface area (Å²) in [5.41, 5.74) is 5.12. The van der Waals surface area contributed by atoms with Gasteiger partial charge in [-0.05, 0) is 37.1 Å². The Bertz CT molecular complexity index is 1190. The summed E-state index contributed by atoms with van der Waals surface area (Å²) in [4.78, 5) is 22.9. The largest absolute Gasteiger partial charge is 0.268 e. The second-order valence-electron chi connectivity index (χ2n) is 6.70. The zero-order chi connectivity index (χ0) is 19.0. The predicted octanol–water partition coefficient (Wildman–Crippen LogP) is 4.63. The first-order valence-electron chi connectivity index (χ1n) is 9.15. The fourth-order valence-electron chi connectivity index (χ4n) is 3.46. The molecule has 0 fully saturated rings. The minimum Gasteiger partial charge on any atom is -0.268 e. The standard InChI is InChI=1S/C23H21N3O/c1-4-20-25-22-21(23(27)26(20)19-13-9-8-10-15(19)2)16(3)14-18(24-22)17-11-6-5-7-12-17/h5-14H,4H2,1-3H3. The van der Waals surface area contributed by atoms with Gasteiger partial charge in [-0.15, -0.1) is 0 Å². The lowest BCUT2D eigenvalue weighted by Crippen LogP contribution is -2.25. The van der Waals surface area contributed by atoms with E-state index < -0.39 is 0 Å². The third-order valence-electron chi connectivity index (χ3n) is 4.85. The number of hydrogen-bond acceptors (Lipinski definition) is 3. The van der Waals surface area contributed by atoms with Crippen molar-refractivity contribution in [3.05, 3.63) is 88.0 Å². The summed E-state index contributed by atoms with van der Waals surface area (Å²) in [6.07, 6.45) is 0.649. The van der Waals surface area contributed by atoms with Gasteiger partial charge in [0.25, 0.3) is 5.56 Å². The first kappa shape index (κ1) is 17.2. The van der Waals surface area contributed by atoms with E-state index in [0.717, 1.165) is 33.9 Å². The van der Waals surface area contributed by atoms with Crippen LogP contribution in [0.25, 0.3) is 28.0 Å². The zero-order valence-corrected chi connectivity index (χ0v) is 15.7. The highest BCUT2D eigenvalue weighted by molar-refractivity contribution is 5.81. The molecule has 0 aliphatic rings. The average Bonchev–Trinajstić information content (AvgIpc) is 2.69. The van der Waals surface area contributed by atoms with Crippen LogP contribution in [0.5, 0.6) is 0 Å². The number of aryl methyl sites for hydroxylation is 3. The Kier molecular flexibility index (Phi) is 4.32. The summed E-state index contributed by atoms with van der Waals surface area (Å²) < 4.78 is 1.73. The molecule has 134 valence electrons. The van der Waals surface area contributed by atoms with Crippen molar-refractivity contribution >= 4 is 11.0 Å². The molecule has 0 atom stereocenters. The Hall–Kier alpha value is -3.27. The molecule has 0 amide bonds. The predicted molar refractivity (Wildman–Crippen MR) is 109 cm³/mol. The maximum absolute atomic E-state index is 13.4.